The van der Waals surface area contributed by atoms with Crippen molar-refractivity contribution in [2.45, 2.75) is 25.8 Å². The Kier molecular flexibility index (Phi) is 5.17. The highest BCUT2D eigenvalue weighted by Gasteiger charge is 2.20. The fourth-order valence-corrected chi connectivity index (χ4v) is 1.62. The molecule has 3 N–H and O–H groups in total. The molecule has 0 fully saturated rings. The number of ether oxygens (including phenoxy) is 1. The summed E-state index contributed by atoms with van der Waals surface area (Å²) in [5.41, 5.74) is 0.181. The Balaban J connectivity index is 2.82. The first-order valence-electron chi connectivity index (χ1n) is 5.90. The fraction of sp³-hybridized carbons (Fsp3) is 0.385. The van der Waals surface area contributed by atoms with Crippen molar-refractivity contribution in [2.24, 2.45) is 0 Å². The number of rotatable bonds is 6. The Morgan fingerprint density at radius 1 is 1.42 bits per heavy atom. The normalized spacial score (nSPS) is 11.7. The van der Waals surface area contributed by atoms with Gasteiger partial charge in [-0.3, -0.25) is 4.79 Å². The molecule has 1 amide bonds. The van der Waals surface area contributed by atoms with Crippen LogP contribution in [0.5, 0.6) is 11.5 Å². The van der Waals surface area contributed by atoms with Crippen molar-refractivity contribution in [1.82, 2.24) is 5.32 Å². The predicted octanol–water partition coefficient (Wildman–Crippen LogP) is 1.38. The zero-order valence-corrected chi connectivity index (χ0v) is 10.8. The number of amides is 1. The van der Waals surface area contributed by atoms with Crippen LogP contribution in [0.4, 0.5) is 0 Å². The van der Waals surface area contributed by atoms with Gasteiger partial charge in [-0.25, -0.2) is 4.79 Å². The largest absolute Gasteiger partial charge is 0.504 e. The lowest BCUT2D eigenvalue weighted by Gasteiger charge is -2.14. The summed E-state index contributed by atoms with van der Waals surface area (Å²) in [5, 5.41) is 20.9. The maximum Gasteiger partial charge on any atom is 0.326 e. The molecule has 0 aromatic heterocycles. The third kappa shape index (κ3) is 3.87. The van der Waals surface area contributed by atoms with Crippen LogP contribution < -0.4 is 10.1 Å². The fourth-order valence-electron chi connectivity index (χ4n) is 1.62. The van der Waals surface area contributed by atoms with Gasteiger partial charge in [0.1, 0.15) is 6.04 Å². The number of benzene rings is 1. The molecule has 104 valence electrons. The maximum absolute atomic E-state index is 11.9. The zero-order chi connectivity index (χ0) is 14.4. The topological polar surface area (TPSA) is 95.9 Å². The molecule has 0 heterocycles. The third-order valence-electron chi connectivity index (χ3n) is 2.62. The first-order chi connectivity index (χ1) is 8.99. The molecule has 1 rings (SSSR count). The summed E-state index contributed by atoms with van der Waals surface area (Å²) in [5.74, 6) is -1.54. The van der Waals surface area contributed by atoms with Gasteiger partial charge in [0, 0.05) is 5.56 Å². The van der Waals surface area contributed by atoms with Crippen molar-refractivity contribution in [3.63, 3.8) is 0 Å². The first-order valence-corrected chi connectivity index (χ1v) is 5.90. The average molecular weight is 267 g/mol. The summed E-state index contributed by atoms with van der Waals surface area (Å²) < 4.78 is 4.86. The average Bonchev–Trinajstić information content (AvgIpc) is 2.37. The Morgan fingerprint density at radius 3 is 2.58 bits per heavy atom. The van der Waals surface area contributed by atoms with Crippen LogP contribution in [-0.2, 0) is 4.79 Å². The lowest BCUT2D eigenvalue weighted by molar-refractivity contribution is -0.139. The number of methoxy groups -OCH3 is 1. The molecule has 0 aliphatic heterocycles. The molecule has 0 bridgehead atoms. The highest BCUT2D eigenvalue weighted by molar-refractivity contribution is 5.97. The molecular formula is C13H17NO5. The zero-order valence-electron chi connectivity index (χ0n) is 10.8. The number of phenolic OH excluding ortho intramolecular Hbond substituents is 1. The highest BCUT2D eigenvalue weighted by atomic mass is 16.5. The number of aliphatic carboxylic acids is 1. The number of aromatic hydroxyl groups is 1. The van der Waals surface area contributed by atoms with E-state index in [0.717, 1.165) is 0 Å². The Hall–Kier alpha value is -2.24. The third-order valence-corrected chi connectivity index (χ3v) is 2.62. The number of carboxylic acid groups (broad SMARTS) is 1. The molecule has 1 atom stereocenters. The summed E-state index contributed by atoms with van der Waals surface area (Å²) in [7, 11) is 1.40. The highest BCUT2D eigenvalue weighted by Crippen LogP contribution is 2.26. The van der Waals surface area contributed by atoms with E-state index in [1.807, 2.05) is 6.92 Å². The minimum Gasteiger partial charge on any atom is -0.504 e. The van der Waals surface area contributed by atoms with Crippen molar-refractivity contribution in [2.75, 3.05) is 7.11 Å². The van der Waals surface area contributed by atoms with Gasteiger partial charge >= 0.3 is 5.97 Å². The molecule has 19 heavy (non-hydrogen) atoms. The number of phenols is 1. The molecule has 1 aromatic rings. The number of hydrogen-bond donors (Lipinski definition) is 3. The van der Waals surface area contributed by atoms with Crippen LogP contribution in [-0.4, -0.2) is 35.2 Å². The van der Waals surface area contributed by atoms with E-state index >= 15 is 0 Å². The van der Waals surface area contributed by atoms with Crippen LogP contribution in [0.15, 0.2) is 18.2 Å². The summed E-state index contributed by atoms with van der Waals surface area (Å²) in [6, 6.07) is 3.21. The van der Waals surface area contributed by atoms with Crippen LogP contribution >= 0.6 is 0 Å². The minimum absolute atomic E-state index is 0.169. The van der Waals surface area contributed by atoms with Gasteiger partial charge in [0.2, 0.25) is 0 Å². The van der Waals surface area contributed by atoms with Gasteiger partial charge in [-0.15, -0.1) is 0 Å². The second-order valence-corrected chi connectivity index (χ2v) is 4.04. The maximum atomic E-state index is 11.9. The summed E-state index contributed by atoms with van der Waals surface area (Å²) in [6.45, 7) is 1.83. The Bertz CT molecular complexity index is 472. The molecular weight excluding hydrogens is 250 g/mol. The minimum atomic E-state index is -1.08. The number of carbonyl (C=O) groups excluding carboxylic acids is 1. The Labute approximate surface area is 111 Å². The molecule has 0 aliphatic carbocycles. The number of hydrogen-bond acceptors (Lipinski definition) is 4. The molecule has 0 aliphatic rings. The van der Waals surface area contributed by atoms with E-state index in [1.54, 1.807) is 0 Å². The van der Waals surface area contributed by atoms with Crippen molar-refractivity contribution < 1.29 is 24.5 Å². The van der Waals surface area contributed by atoms with Crippen LogP contribution in [0, 0.1) is 0 Å². The number of nitrogens with one attached hydrogen (secondary N) is 1. The lowest BCUT2D eigenvalue weighted by atomic mass is 10.1. The summed E-state index contributed by atoms with van der Waals surface area (Å²) >= 11 is 0. The molecule has 0 saturated carbocycles. The molecule has 0 radical (unpaired) electrons. The standard InChI is InChI=1S/C13H17NO5/c1-3-4-9(13(17)18)14-12(16)8-5-6-11(19-2)10(15)7-8/h5-7,9,15H,3-4H2,1-2H3,(H,14,16)(H,17,18)/t9-/m1/s1. The van der Waals surface area contributed by atoms with Crippen LogP contribution in [0.1, 0.15) is 30.1 Å². The van der Waals surface area contributed by atoms with E-state index in [9.17, 15) is 14.7 Å². The molecule has 0 saturated heterocycles. The molecule has 0 spiro atoms. The smallest absolute Gasteiger partial charge is 0.326 e. The lowest BCUT2D eigenvalue weighted by Crippen LogP contribution is -2.40. The van der Waals surface area contributed by atoms with Crippen LogP contribution in [0.2, 0.25) is 0 Å². The van der Waals surface area contributed by atoms with E-state index < -0.39 is 17.9 Å². The van der Waals surface area contributed by atoms with E-state index in [-0.39, 0.29) is 17.1 Å². The van der Waals surface area contributed by atoms with Gasteiger partial charge in [-0.1, -0.05) is 13.3 Å². The molecule has 6 nitrogen and oxygen atoms in total. The first kappa shape index (κ1) is 14.8. The molecule has 1 aromatic carbocycles. The van der Waals surface area contributed by atoms with Gasteiger partial charge in [-0.05, 0) is 24.6 Å². The summed E-state index contributed by atoms with van der Waals surface area (Å²) in [6.07, 6.45) is 0.994. The van der Waals surface area contributed by atoms with Crippen molar-refractivity contribution in [3.8, 4) is 11.5 Å². The van der Waals surface area contributed by atoms with Crippen LogP contribution in [0.25, 0.3) is 0 Å². The second kappa shape index (κ2) is 6.63. The van der Waals surface area contributed by atoms with Crippen molar-refractivity contribution >= 4 is 11.9 Å². The SMILES string of the molecule is CCC[C@@H](NC(=O)c1ccc(OC)c(O)c1)C(=O)O. The van der Waals surface area contributed by atoms with E-state index in [2.05, 4.69) is 5.32 Å². The van der Waals surface area contributed by atoms with Gasteiger partial charge in [0.05, 0.1) is 7.11 Å². The van der Waals surface area contributed by atoms with E-state index in [0.29, 0.717) is 12.8 Å². The number of carbonyl (C=O) groups is 2. The van der Waals surface area contributed by atoms with Gasteiger partial charge in [0.25, 0.3) is 5.91 Å². The second-order valence-electron chi connectivity index (χ2n) is 4.04. The molecule has 6 heteroatoms. The van der Waals surface area contributed by atoms with Crippen molar-refractivity contribution in [3.05, 3.63) is 23.8 Å². The Morgan fingerprint density at radius 2 is 2.11 bits per heavy atom. The quantitative estimate of drug-likeness (QED) is 0.723. The monoisotopic (exact) mass is 267 g/mol. The van der Waals surface area contributed by atoms with Gasteiger partial charge in [0.15, 0.2) is 11.5 Å². The van der Waals surface area contributed by atoms with Crippen molar-refractivity contribution in [1.29, 1.82) is 0 Å². The predicted molar refractivity (Wildman–Crippen MR) is 68.5 cm³/mol. The van der Waals surface area contributed by atoms with Gasteiger partial charge < -0.3 is 20.3 Å². The van der Waals surface area contributed by atoms with E-state index in [1.165, 1.54) is 25.3 Å². The molecule has 0 unspecified atom stereocenters. The van der Waals surface area contributed by atoms with Gasteiger partial charge in [-0.2, -0.15) is 0 Å². The van der Waals surface area contributed by atoms with Crippen LogP contribution in [0.3, 0.4) is 0 Å². The summed E-state index contributed by atoms with van der Waals surface area (Å²) in [4.78, 5) is 22.8. The van der Waals surface area contributed by atoms with E-state index in [4.69, 9.17) is 9.84 Å². The number of carboxylic acids is 1.